The largest absolute Gasteiger partial charge is 0.417 e. The van der Waals surface area contributed by atoms with Crippen LogP contribution < -0.4 is 10.9 Å². The maximum absolute atomic E-state index is 14.1. The first-order valence-corrected chi connectivity index (χ1v) is 13.6. The lowest BCUT2D eigenvalue weighted by atomic mass is 9.98. The van der Waals surface area contributed by atoms with Gasteiger partial charge in [0.1, 0.15) is 5.69 Å². The number of amides is 2. The van der Waals surface area contributed by atoms with Gasteiger partial charge in [-0.15, -0.1) is 0 Å². The number of carbonyl (C=O) groups excluding carboxylic acids is 2. The number of rotatable bonds is 4. The van der Waals surface area contributed by atoms with E-state index < -0.39 is 35.2 Å². The van der Waals surface area contributed by atoms with Gasteiger partial charge in [0.15, 0.2) is 5.82 Å². The normalized spacial score (nSPS) is 15.1. The molecule has 42 heavy (non-hydrogen) atoms. The third-order valence-corrected chi connectivity index (χ3v) is 7.82. The Morgan fingerprint density at radius 2 is 1.83 bits per heavy atom. The van der Waals surface area contributed by atoms with Crippen LogP contribution in [0.1, 0.15) is 56.0 Å². The molecule has 15 heteroatoms. The molecule has 0 saturated carbocycles. The van der Waals surface area contributed by atoms with E-state index in [9.17, 15) is 27.6 Å². The second-order valence-electron chi connectivity index (χ2n) is 10.1. The van der Waals surface area contributed by atoms with Gasteiger partial charge < -0.3 is 10.2 Å². The molecule has 4 aromatic rings. The van der Waals surface area contributed by atoms with Gasteiger partial charge in [0.05, 0.1) is 23.5 Å². The Bertz CT molecular complexity index is 1810. The summed E-state index contributed by atoms with van der Waals surface area (Å²) in [5.41, 5.74) is 0.624. The number of halogens is 4. The van der Waals surface area contributed by atoms with Crippen LogP contribution in [0.4, 0.5) is 13.2 Å². The molecule has 220 valence electrons. The highest BCUT2D eigenvalue weighted by Crippen LogP contribution is 2.36. The number of alkyl halides is 3. The van der Waals surface area contributed by atoms with Crippen molar-refractivity contribution in [3.63, 3.8) is 0 Å². The van der Waals surface area contributed by atoms with Gasteiger partial charge in [0.25, 0.3) is 17.4 Å². The molecule has 5 rings (SSSR count). The average Bonchev–Trinajstić information content (AvgIpc) is 3.47. The molecule has 11 nitrogen and oxygen atoms in total. The first kappa shape index (κ1) is 29.2. The second kappa shape index (κ2) is 10.5. The van der Waals surface area contributed by atoms with E-state index >= 15 is 0 Å². The quantitative estimate of drug-likeness (QED) is 0.362. The third-order valence-electron chi connectivity index (χ3n) is 7.13. The summed E-state index contributed by atoms with van der Waals surface area (Å²) in [4.78, 5) is 46.1. The van der Waals surface area contributed by atoms with Crippen LogP contribution in [-0.4, -0.2) is 58.9 Å². The number of benzene rings is 1. The summed E-state index contributed by atoms with van der Waals surface area (Å²) in [6.07, 6.45) is -4.55. The van der Waals surface area contributed by atoms with Crippen molar-refractivity contribution in [1.29, 1.82) is 0 Å². The van der Waals surface area contributed by atoms with E-state index in [0.29, 0.717) is 22.6 Å². The van der Waals surface area contributed by atoms with E-state index in [4.69, 9.17) is 4.98 Å². The second-order valence-corrected chi connectivity index (χ2v) is 10.9. The van der Waals surface area contributed by atoms with Gasteiger partial charge in [-0.2, -0.15) is 23.4 Å². The van der Waals surface area contributed by atoms with Crippen molar-refractivity contribution in [2.75, 3.05) is 7.05 Å². The van der Waals surface area contributed by atoms with Gasteiger partial charge in [0, 0.05) is 47.5 Å². The fraction of sp³-hybridized carbons (Fsp3) is 0.333. The summed E-state index contributed by atoms with van der Waals surface area (Å²) in [5.74, 6) is -0.771. The van der Waals surface area contributed by atoms with E-state index in [1.165, 1.54) is 44.1 Å². The van der Waals surface area contributed by atoms with E-state index in [-0.39, 0.29) is 40.5 Å². The number of nitrogens with zero attached hydrogens (tertiary/aromatic N) is 7. The van der Waals surface area contributed by atoms with Gasteiger partial charge in [-0.05, 0) is 51.5 Å². The zero-order chi connectivity index (χ0) is 30.7. The van der Waals surface area contributed by atoms with Gasteiger partial charge in [-0.1, -0.05) is 15.9 Å². The summed E-state index contributed by atoms with van der Waals surface area (Å²) < 4.78 is 44.5. The molecule has 0 saturated heterocycles. The Morgan fingerprint density at radius 1 is 1.12 bits per heavy atom. The summed E-state index contributed by atoms with van der Waals surface area (Å²) >= 11 is 2.91. The number of carbonyl (C=O) groups is 2. The molecule has 3 aromatic heterocycles. The van der Waals surface area contributed by atoms with Crippen LogP contribution in [0.5, 0.6) is 0 Å². The highest BCUT2D eigenvalue weighted by Gasteiger charge is 2.36. The Kier molecular flexibility index (Phi) is 7.33. The predicted octanol–water partition coefficient (Wildman–Crippen LogP) is 3.50. The molecule has 0 aliphatic carbocycles. The van der Waals surface area contributed by atoms with Gasteiger partial charge in [-0.3, -0.25) is 19.1 Å². The van der Waals surface area contributed by atoms with Crippen molar-refractivity contribution in [3.8, 4) is 11.8 Å². The molecular formula is C27H26BrF3N8O3. The molecular weight excluding hydrogens is 621 g/mol. The topological polar surface area (TPSA) is 120 Å². The number of aryl methyl sites for hydroxylation is 3. The molecule has 1 aromatic carbocycles. The van der Waals surface area contributed by atoms with Gasteiger partial charge in [-0.25, -0.2) is 14.2 Å². The zero-order valence-corrected chi connectivity index (χ0v) is 24.8. The Hall–Kier alpha value is -4.27. The highest BCUT2D eigenvalue weighted by molar-refractivity contribution is 9.10. The first-order chi connectivity index (χ1) is 19.7. The maximum Gasteiger partial charge on any atom is 0.417 e. The molecule has 0 bridgehead atoms. The fourth-order valence-corrected chi connectivity index (χ4v) is 5.51. The average molecular weight is 647 g/mol. The van der Waals surface area contributed by atoms with Gasteiger partial charge in [0.2, 0.25) is 5.95 Å². The molecule has 0 spiro atoms. The molecule has 1 atom stereocenters. The van der Waals surface area contributed by atoms with Crippen molar-refractivity contribution in [1.82, 2.24) is 39.3 Å². The number of hydrogen-bond acceptors (Lipinski definition) is 6. The van der Waals surface area contributed by atoms with Crippen LogP contribution in [0.2, 0.25) is 0 Å². The highest BCUT2D eigenvalue weighted by atomic mass is 79.9. The molecule has 0 radical (unpaired) electrons. The zero-order valence-electron chi connectivity index (χ0n) is 23.2. The maximum atomic E-state index is 14.1. The lowest BCUT2D eigenvalue weighted by molar-refractivity contribution is -0.138. The van der Waals surface area contributed by atoms with Crippen molar-refractivity contribution < 1.29 is 22.8 Å². The summed E-state index contributed by atoms with van der Waals surface area (Å²) in [7, 11) is 3.06. The lowest BCUT2D eigenvalue weighted by Crippen LogP contribution is -2.46. The van der Waals surface area contributed by atoms with E-state index in [0.717, 1.165) is 6.07 Å². The fourth-order valence-electron chi connectivity index (χ4n) is 5.04. The molecule has 0 unspecified atom stereocenters. The number of hydrogen-bond donors (Lipinski definition) is 1. The monoisotopic (exact) mass is 646 g/mol. The standard InChI is InChI=1S/C27H26BrF3N8O3/c1-13-8-15(3)39(34-13)26-33-20-12-37(24(41)16-6-7-19(28)18(10-16)27(29,30)31)14(2)9-17(20)25(42)38(26)22-11-21(23(40)32-4)36(5)35-22/h6-8,10-11,14H,9,12H2,1-5H3,(H,32,40)/t14-/m1/s1. The van der Waals surface area contributed by atoms with E-state index in [1.54, 1.807) is 33.9 Å². The third kappa shape index (κ3) is 5.01. The number of aromatic nitrogens is 6. The van der Waals surface area contributed by atoms with Crippen LogP contribution in [0, 0.1) is 13.8 Å². The summed E-state index contributed by atoms with van der Waals surface area (Å²) in [5, 5.41) is 11.4. The van der Waals surface area contributed by atoms with Crippen molar-refractivity contribution in [3.05, 3.63) is 84.6 Å². The first-order valence-electron chi connectivity index (χ1n) is 12.8. The van der Waals surface area contributed by atoms with E-state index in [2.05, 4.69) is 31.4 Å². The molecule has 2 amide bonds. The summed E-state index contributed by atoms with van der Waals surface area (Å²) in [6, 6.07) is 6.06. The van der Waals surface area contributed by atoms with Crippen molar-refractivity contribution in [2.45, 2.75) is 46.0 Å². The van der Waals surface area contributed by atoms with Crippen LogP contribution in [0.3, 0.4) is 0 Å². The molecule has 0 fully saturated rings. The van der Waals surface area contributed by atoms with Crippen LogP contribution in [-0.2, 0) is 26.2 Å². The van der Waals surface area contributed by atoms with Crippen molar-refractivity contribution >= 4 is 27.7 Å². The molecule has 1 aliphatic heterocycles. The minimum atomic E-state index is -4.65. The molecule has 1 N–H and O–H groups in total. The summed E-state index contributed by atoms with van der Waals surface area (Å²) in [6.45, 7) is 5.17. The minimum Gasteiger partial charge on any atom is -0.354 e. The number of nitrogens with one attached hydrogen (secondary N) is 1. The van der Waals surface area contributed by atoms with Crippen LogP contribution >= 0.6 is 15.9 Å². The van der Waals surface area contributed by atoms with Crippen LogP contribution in [0.25, 0.3) is 11.8 Å². The lowest BCUT2D eigenvalue weighted by Gasteiger charge is -2.34. The van der Waals surface area contributed by atoms with E-state index in [1.807, 2.05) is 0 Å². The Morgan fingerprint density at radius 3 is 2.45 bits per heavy atom. The van der Waals surface area contributed by atoms with Gasteiger partial charge >= 0.3 is 6.18 Å². The Balaban J connectivity index is 1.64. The number of fused-ring (bicyclic) bond motifs is 1. The predicted molar refractivity (Wildman–Crippen MR) is 149 cm³/mol. The van der Waals surface area contributed by atoms with Crippen molar-refractivity contribution in [2.24, 2.45) is 7.05 Å². The Labute approximate surface area is 246 Å². The molecule has 1 aliphatic rings. The SMILES string of the molecule is CNC(=O)c1cc(-n2c(-n3nc(C)cc3C)nc3c(c2=O)C[C@@H](C)N(C(=O)c2ccc(Br)c(C(F)(F)F)c2)C3)nn1C. The van der Waals surface area contributed by atoms with Crippen LogP contribution in [0.15, 0.2) is 39.6 Å². The molecule has 4 heterocycles. The minimum absolute atomic E-state index is 0.0934. The smallest absolute Gasteiger partial charge is 0.354 e.